The lowest BCUT2D eigenvalue weighted by molar-refractivity contribution is 1.37. The number of pyridine rings is 2. The van der Waals surface area contributed by atoms with Gasteiger partial charge in [0, 0.05) is 42.1 Å². The fraction of sp³-hybridized carbons (Fsp3) is 0. The lowest BCUT2D eigenvalue weighted by atomic mass is 9.96. The lowest BCUT2D eigenvalue weighted by Gasteiger charge is -2.10. The summed E-state index contributed by atoms with van der Waals surface area (Å²) >= 11 is 1.88. The minimum atomic E-state index is 0.926. The summed E-state index contributed by atoms with van der Waals surface area (Å²) in [6, 6.07) is 60.9. The Balaban J connectivity index is 0.981. The highest BCUT2D eigenvalue weighted by Crippen LogP contribution is 2.40. The summed E-state index contributed by atoms with van der Waals surface area (Å²) in [4.78, 5) is 10.3. The third kappa shape index (κ3) is 4.78. The van der Waals surface area contributed by atoms with Crippen molar-refractivity contribution in [3.8, 4) is 44.8 Å². The first kappa shape index (κ1) is 27.9. The van der Waals surface area contributed by atoms with Crippen LogP contribution in [0.5, 0.6) is 0 Å². The van der Waals surface area contributed by atoms with Gasteiger partial charge in [0.25, 0.3) is 0 Å². The van der Waals surface area contributed by atoms with E-state index in [0.29, 0.717) is 0 Å². The molecule has 228 valence electrons. The molecule has 2 nitrogen and oxygen atoms in total. The Labute approximate surface area is 287 Å². The topological polar surface area (TPSA) is 25.8 Å². The maximum absolute atomic E-state index is 5.18. The molecule has 10 rings (SSSR count). The van der Waals surface area contributed by atoms with E-state index >= 15 is 0 Å². The van der Waals surface area contributed by atoms with Gasteiger partial charge in [-0.05, 0) is 63.4 Å². The van der Waals surface area contributed by atoms with Crippen LogP contribution in [0.4, 0.5) is 0 Å². The van der Waals surface area contributed by atoms with Crippen molar-refractivity contribution >= 4 is 64.1 Å². The predicted octanol–water partition coefficient (Wildman–Crippen LogP) is 13.0. The van der Waals surface area contributed by atoms with Gasteiger partial charge in [0.1, 0.15) is 0 Å². The van der Waals surface area contributed by atoms with Crippen molar-refractivity contribution in [1.82, 2.24) is 9.97 Å². The first-order valence-corrected chi connectivity index (χ1v) is 17.4. The summed E-state index contributed by atoms with van der Waals surface area (Å²) in [6.45, 7) is 0. The Hall–Kier alpha value is -6.16. The van der Waals surface area contributed by atoms with Crippen LogP contribution < -0.4 is 0 Å². The first-order chi connectivity index (χ1) is 24.2. The first-order valence-electron chi connectivity index (χ1n) is 16.6. The molecule has 0 aliphatic carbocycles. The molecule has 0 unspecified atom stereocenters. The van der Waals surface area contributed by atoms with Crippen LogP contribution in [-0.2, 0) is 0 Å². The fourth-order valence-electron chi connectivity index (χ4n) is 7.10. The standard InChI is InChI=1S/C46H28N2S/c1-2-7-31(8-3-1)41-25-23-32-17-18-33-24-26-42(48-45(33)44(32)47-41)37-22-21-35-27-34(19-20-36(35)28-37)29-13-15-30(16-14-29)38-10-6-11-40-39-9-4-5-12-43(39)49-46(38)40/h1-28H. The lowest BCUT2D eigenvalue weighted by Crippen LogP contribution is -1.91. The summed E-state index contributed by atoms with van der Waals surface area (Å²) in [5.74, 6) is 0. The maximum Gasteiger partial charge on any atom is 0.0972 e. The maximum atomic E-state index is 5.18. The van der Waals surface area contributed by atoms with E-state index in [1.54, 1.807) is 0 Å². The van der Waals surface area contributed by atoms with E-state index in [9.17, 15) is 0 Å². The predicted molar refractivity (Wildman–Crippen MR) is 209 cm³/mol. The van der Waals surface area contributed by atoms with E-state index in [2.05, 4.69) is 152 Å². The Bertz CT molecular complexity index is 2870. The molecule has 0 bridgehead atoms. The van der Waals surface area contributed by atoms with Gasteiger partial charge >= 0.3 is 0 Å². The Morgan fingerprint density at radius 1 is 0.347 bits per heavy atom. The number of fused-ring (bicyclic) bond motifs is 7. The van der Waals surface area contributed by atoms with E-state index in [0.717, 1.165) is 44.3 Å². The van der Waals surface area contributed by atoms with Gasteiger partial charge in [-0.1, -0.05) is 140 Å². The molecule has 3 aromatic heterocycles. The highest BCUT2D eigenvalue weighted by atomic mass is 32.1. The van der Waals surface area contributed by atoms with Crippen LogP contribution in [0, 0.1) is 0 Å². The van der Waals surface area contributed by atoms with Crippen molar-refractivity contribution < 1.29 is 0 Å². The number of hydrogen-bond donors (Lipinski definition) is 0. The van der Waals surface area contributed by atoms with Crippen LogP contribution in [0.2, 0.25) is 0 Å². The summed E-state index contributed by atoms with van der Waals surface area (Å²) in [5, 5.41) is 7.25. The van der Waals surface area contributed by atoms with E-state index in [4.69, 9.17) is 9.97 Å². The third-order valence-electron chi connectivity index (χ3n) is 9.66. The Kier molecular flexibility index (Phi) is 6.39. The van der Waals surface area contributed by atoms with E-state index in [1.807, 2.05) is 29.5 Å². The number of aromatic nitrogens is 2. The van der Waals surface area contributed by atoms with Crippen LogP contribution in [0.3, 0.4) is 0 Å². The van der Waals surface area contributed by atoms with Gasteiger partial charge in [-0.3, -0.25) is 0 Å². The monoisotopic (exact) mass is 640 g/mol. The van der Waals surface area contributed by atoms with E-state index in [-0.39, 0.29) is 0 Å². The number of benzene rings is 7. The van der Waals surface area contributed by atoms with Gasteiger partial charge in [-0.25, -0.2) is 9.97 Å². The Morgan fingerprint density at radius 2 is 0.898 bits per heavy atom. The highest BCUT2D eigenvalue weighted by molar-refractivity contribution is 7.26. The van der Waals surface area contributed by atoms with Crippen LogP contribution >= 0.6 is 11.3 Å². The largest absolute Gasteiger partial charge is 0.245 e. The summed E-state index contributed by atoms with van der Waals surface area (Å²) in [5.41, 5.74) is 10.9. The fourth-order valence-corrected chi connectivity index (χ4v) is 8.34. The third-order valence-corrected chi connectivity index (χ3v) is 10.9. The molecular formula is C46H28N2S. The number of hydrogen-bond acceptors (Lipinski definition) is 3. The molecule has 0 saturated carbocycles. The Morgan fingerprint density at radius 3 is 1.65 bits per heavy atom. The van der Waals surface area contributed by atoms with Gasteiger partial charge in [0.15, 0.2) is 0 Å². The minimum absolute atomic E-state index is 0.926. The molecule has 0 fully saturated rings. The molecule has 0 amide bonds. The second-order valence-corrected chi connectivity index (χ2v) is 13.7. The number of rotatable bonds is 4. The zero-order chi connectivity index (χ0) is 32.3. The molecule has 49 heavy (non-hydrogen) atoms. The molecular weight excluding hydrogens is 613 g/mol. The van der Waals surface area contributed by atoms with Crippen molar-refractivity contribution in [3.63, 3.8) is 0 Å². The second kappa shape index (κ2) is 11.2. The SMILES string of the molecule is c1ccc(-c2ccc3ccc4ccc(-c5ccc6cc(-c7ccc(-c8cccc9c8sc8ccccc89)cc7)ccc6c5)nc4c3n2)cc1. The molecule has 3 heterocycles. The molecule has 10 aromatic rings. The van der Waals surface area contributed by atoms with Gasteiger partial charge in [0.05, 0.1) is 22.4 Å². The van der Waals surface area contributed by atoms with Crippen molar-refractivity contribution in [3.05, 3.63) is 170 Å². The van der Waals surface area contributed by atoms with Gasteiger partial charge < -0.3 is 0 Å². The number of nitrogens with zero attached hydrogens (tertiary/aromatic N) is 2. The van der Waals surface area contributed by atoms with Crippen LogP contribution in [0.25, 0.3) is 97.5 Å². The molecule has 3 heteroatoms. The smallest absolute Gasteiger partial charge is 0.0972 e. The van der Waals surface area contributed by atoms with Gasteiger partial charge in [-0.2, -0.15) is 0 Å². The van der Waals surface area contributed by atoms with Crippen molar-refractivity contribution in [1.29, 1.82) is 0 Å². The van der Waals surface area contributed by atoms with Gasteiger partial charge in [-0.15, -0.1) is 11.3 Å². The van der Waals surface area contributed by atoms with Crippen molar-refractivity contribution in [2.45, 2.75) is 0 Å². The van der Waals surface area contributed by atoms with Crippen molar-refractivity contribution in [2.24, 2.45) is 0 Å². The van der Waals surface area contributed by atoms with Crippen LogP contribution in [0.1, 0.15) is 0 Å². The summed E-state index contributed by atoms with van der Waals surface area (Å²) < 4.78 is 2.68. The van der Waals surface area contributed by atoms with E-state index in [1.165, 1.54) is 53.2 Å². The molecule has 0 aliphatic heterocycles. The van der Waals surface area contributed by atoms with Crippen LogP contribution in [-0.4, -0.2) is 9.97 Å². The molecule has 0 spiro atoms. The second-order valence-electron chi connectivity index (χ2n) is 12.6. The molecule has 0 aliphatic rings. The number of thiophene rings is 1. The quantitative estimate of drug-likeness (QED) is 0.179. The summed E-state index contributed by atoms with van der Waals surface area (Å²) in [7, 11) is 0. The molecule has 0 saturated heterocycles. The molecule has 0 radical (unpaired) electrons. The molecule has 0 atom stereocenters. The van der Waals surface area contributed by atoms with E-state index < -0.39 is 0 Å². The molecule has 0 N–H and O–H groups in total. The minimum Gasteiger partial charge on any atom is -0.245 e. The average molecular weight is 641 g/mol. The zero-order valence-electron chi connectivity index (χ0n) is 26.5. The normalized spacial score (nSPS) is 11.7. The average Bonchev–Trinajstić information content (AvgIpc) is 3.56. The molecule has 7 aromatic carbocycles. The van der Waals surface area contributed by atoms with Crippen molar-refractivity contribution in [2.75, 3.05) is 0 Å². The van der Waals surface area contributed by atoms with Crippen LogP contribution in [0.15, 0.2) is 170 Å². The highest BCUT2D eigenvalue weighted by Gasteiger charge is 2.12. The summed E-state index contributed by atoms with van der Waals surface area (Å²) in [6.07, 6.45) is 0. The van der Waals surface area contributed by atoms with Gasteiger partial charge in [0.2, 0.25) is 0 Å². The zero-order valence-corrected chi connectivity index (χ0v) is 27.3.